The molecule has 0 spiro atoms. The van der Waals surface area contributed by atoms with Crippen LogP contribution in [-0.2, 0) is 0 Å². The van der Waals surface area contributed by atoms with E-state index >= 15 is 0 Å². The molecule has 0 aromatic carbocycles. The van der Waals surface area contributed by atoms with Crippen LogP contribution in [0.15, 0.2) is 9.59 Å². The van der Waals surface area contributed by atoms with Gasteiger partial charge < -0.3 is 0 Å². The van der Waals surface area contributed by atoms with Crippen LogP contribution in [0.2, 0.25) is 5.15 Å². The zero-order chi connectivity index (χ0) is 10.3. The summed E-state index contributed by atoms with van der Waals surface area (Å²) in [5, 5.41) is 0.149. The molecule has 1 aliphatic carbocycles. The lowest BCUT2D eigenvalue weighted by Gasteiger charge is -2.26. The lowest BCUT2D eigenvalue weighted by atomic mass is 9.93. The fourth-order valence-electron chi connectivity index (χ4n) is 1.59. The second kappa shape index (κ2) is 3.28. The van der Waals surface area contributed by atoms with Gasteiger partial charge in [-0.2, -0.15) is 0 Å². The predicted octanol–water partition coefficient (Wildman–Crippen LogP) is 1.22. The highest BCUT2D eigenvalue weighted by Gasteiger charge is 2.23. The average Bonchev–Trinajstić information content (AvgIpc) is 2.05. The van der Waals surface area contributed by atoms with Crippen LogP contribution in [0.4, 0.5) is 0 Å². The number of aromatic nitrogens is 2. The number of rotatable bonds is 1. The first-order valence-corrected chi connectivity index (χ1v) is 5.00. The Kier molecular flexibility index (Phi) is 2.23. The Hall–Kier alpha value is -1.03. The fraction of sp³-hybridized carbons (Fsp3) is 0.556. The summed E-state index contributed by atoms with van der Waals surface area (Å²) >= 11 is 5.69. The van der Waals surface area contributed by atoms with E-state index in [1.54, 1.807) is 6.92 Å². The quantitative estimate of drug-likeness (QED) is 0.715. The largest absolute Gasteiger partial charge is 0.329 e. The normalized spacial score (nSPS) is 16.7. The highest BCUT2D eigenvalue weighted by Crippen LogP contribution is 2.29. The third-order valence-electron chi connectivity index (χ3n) is 2.74. The number of nitrogens with one attached hydrogen (secondary N) is 1. The highest BCUT2D eigenvalue weighted by atomic mass is 35.5. The molecule has 1 N–H and O–H groups in total. The van der Waals surface area contributed by atoms with Gasteiger partial charge in [-0.25, -0.2) is 4.79 Å². The lowest BCUT2D eigenvalue weighted by Crippen LogP contribution is -2.41. The zero-order valence-corrected chi connectivity index (χ0v) is 8.60. The zero-order valence-electron chi connectivity index (χ0n) is 7.84. The van der Waals surface area contributed by atoms with Gasteiger partial charge in [-0.1, -0.05) is 11.6 Å². The van der Waals surface area contributed by atoms with Crippen molar-refractivity contribution < 1.29 is 0 Å². The summed E-state index contributed by atoms with van der Waals surface area (Å²) in [6.45, 7) is 1.62. The van der Waals surface area contributed by atoms with E-state index in [2.05, 4.69) is 4.98 Å². The van der Waals surface area contributed by atoms with Crippen LogP contribution in [0.1, 0.15) is 30.9 Å². The van der Waals surface area contributed by atoms with E-state index in [-0.39, 0.29) is 16.8 Å². The van der Waals surface area contributed by atoms with Gasteiger partial charge in [0.25, 0.3) is 5.56 Å². The lowest BCUT2D eigenvalue weighted by molar-refractivity contribution is 0.295. The SMILES string of the molecule is Cc1c(Cl)[nH]c(=O)n(C2CCC2)c1=O. The summed E-state index contributed by atoms with van der Waals surface area (Å²) in [6.07, 6.45) is 2.90. The summed E-state index contributed by atoms with van der Waals surface area (Å²) in [5.41, 5.74) is -0.239. The van der Waals surface area contributed by atoms with Crippen molar-refractivity contribution in [3.8, 4) is 0 Å². The molecule has 0 saturated heterocycles. The molecule has 0 radical (unpaired) electrons. The maximum absolute atomic E-state index is 11.7. The van der Waals surface area contributed by atoms with Gasteiger partial charge in [0.2, 0.25) is 0 Å². The number of halogens is 1. The molecule has 14 heavy (non-hydrogen) atoms. The molecule has 1 fully saturated rings. The predicted molar refractivity (Wildman–Crippen MR) is 54.0 cm³/mol. The fourth-order valence-corrected chi connectivity index (χ4v) is 1.75. The Morgan fingerprint density at radius 1 is 1.43 bits per heavy atom. The van der Waals surface area contributed by atoms with E-state index < -0.39 is 5.69 Å². The molecule has 0 bridgehead atoms. The van der Waals surface area contributed by atoms with Crippen molar-refractivity contribution in [1.82, 2.24) is 9.55 Å². The maximum atomic E-state index is 11.7. The molecule has 0 atom stereocenters. The smallest absolute Gasteiger partial charge is 0.297 e. The van der Waals surface area contributed by atoms with E-state index in [1.165, 1.54) is 4.57 Å². The van der Waals surface area contributed by atoms with E-state index in [1.807, 2.05) is 0 Å². The van der Waals surface area contributed by atoms with E-state index in [0.717, 1.165) is 19.3 Å². The molecule has 1 aromatic rings. The molecule has 4 nitrogen and oxygen atoms in total. The summed E-state index contributed by atoms with van der Waals surface area (Å²) in [6, 6.07) is 0.0715. The molecule has 1 aliphatic rings. The Bertz CT molecular complexity index is 471. The summed E-state index contributed by atoms with van der Waals surface area (Å²) in [4.78, 5) is 25.6. The van der Waals surface area contributed by atoms with Gasteiger partial charge >= 0.3 is 5.69 Å². The molecule has 2 rings (SSSR count). The number of H-pyrrole nitrogens is 1. The Morgan fingerprint density at radius 2 is 2.07 bits per heavy atom. The van der Waals surface area contributed by atoms with Crippen molar-refractivity contribution in [2.24, 2.45) is 0 Å². The van der Waals surface area contributed by atoms with Gasteiger partial charge in [0.15, 0.2) is 0 Å². The number of hydrogen-bond donors (Lipinski definition) is 1. The van der Waals surface area contributed by atoms with Crippen molar-refractivity contribution in [2.75, 3.05) is 0 Å². The minimum Gasteiger partial charge on any atom is -0.297 e. The van der Waals surface area contributed by atoms with Gasteiger partial charge in [-0.05, 0) is 26.2 Å². The van der Waals surface area contributed by atoms with Crippen LogP contribution in [0, 0.1) is 6.92 Å². The van der Waals surface area contributed by atoms with Crippen LogP contribution in [0.5, 0.6) is 0 Å². The topological polar surface area (TPSA) is 54.9 Å². The first kappa shape index (κ1) is 9.52. The Balaban J connectivity index is 2.65. The van der Waals surface area contributed by atoms with Crippen molar-refractivity contribution >= 4 is 11.6 Å². The molecule has 76 valence electrons. The second-order valence-electron chi connectivity index (χ2n) is 3.63. The van der Waals surface area contributed by atoms with E-state index in [9.17, 15) is 9.59 Å². The standard InChI is InChI=1S/C9H11ClN2O2/c1-5-7(10)11-9(14)12(8(5)13)6-3-2-4-6/h6H,2-4H2,1H3,(H,11,14). The third kappa shape index (κ3) is 1.30. The Morgan fingerprint density at radius 3 is 2.57 bits per heavy atom. The molecule has 5 heteroatoms. The van der Waals surface area contributed by atoms with Crippen LogP contribution < -0.4 is 11.2 Å². The van der Waals surface area contributed by atoms with Gasteiger partial charge in [0.05, 0.1) is 0 Å². The van der Waals surface area contributed by atoms with Crippen molar-refractivity contribution in [3.05, 3.63) is 31.6 Å². The van der Waals surface area contributed by atoms with Crippen molar-refractivity contribution in [2.45, 2.75) is 32.2 Å². The number of nitrogens with zero attached hydrogens (tertiary/aromatic N) is 1. The molecular formula is C9H11ClN2O2. The monoisotopic (exact) mass is 214 g/mol. The van der Waals surface area contributed by atoms with Crippen LogP contribution in [-0.4, -0.2) is 9.55 Å². The number of hydrogen-bond acceptors (Lipinski definition) is 2. The third-order valence-corrected chi connectivity index (χ3v) is 3.12. The summed E-state index contributed by atoms with van der Waals surface area (Å²) in [5.74, 6) is 0. The van der Waals surface area contributed by atoms with Crippen LogP contribution >= 0.6 is 11.6 Å². The molecule has 0 amide bonds. The number of aromatic amines is 1. The Labute approximate surface area is 85.5 Å². The van der Waals surface area contributed by atoms with E-state index in [4.69, 9.17) is 11.6 Å². The molecular weight excluding hydrogens is 204 g/mol. The van der Waals surface area contributed by atoms with Gasteiger partial charge in [0, 0.05) is 11.6 Å². The maximum Gasteiger partial charge on any atom is 0.329 e. The highest BCUT2D eigenvalue weighted by molar-refractivity contribution is 6.30. The summed E-state index contributed by atoms with van der Waals surface area (Å²) < 4.78 is 1.28. The second-order valence-corrected chi connectivity index (χ2v) is 4.01. The summed E-state index contributed by atoms with van der Waals surface area (Å²) in [7, 11) is 0. The molecule has 1 heterocycles. The van der Waals surface area contributed by atoms with Gasteiger partial charge in [-0.3, -0.25) is 14.3 Å². The van der Waals surface area contributed by atoms with Crippen molar-refractivity contribution in [3.63, 3.8) is 0 Å². The first-order valence-electron chi connectivity index (χ1n) is 4.62. The van der Waals surface area contributed by atoms with E-state index in [0.29, 0.717) is 5.56 Å². The van der Waals surface area contributed by atoms with Gasteiger partial charge in [-0.15, -0.1) is 0 Å². The average molecular weight is 215 g/mol. The minimum absolute atomic E-state index is 0.0715. The minimum atomic E-state index is -0.393. The first-order chi connectivity index (χ1) is 6.61. The van der Waals surface area contributed by atoms with Crippen LogP contribution in [0.3, 0.4) is 0 Å². The molecule has 0 unspecified atom stereocenters. The molecule has 1 saturated carbocycles. The molecule has 1 aromatic heterocycles. The van der Waals surface area contributed by atoms with Crippen LogP contribution in [0.25, 0.3) is 0 Å². The van der Waals surface area contributed by atoms with Crippen molar-refractivity contribution in [1.29, 1.82) is 0 Å². The molecule has 0 aliphatic heterocycles. The van der Waals surface area contributed by atoms with Gasteiger partial charge in [0.1, 0.15) is 5.15 Å².